The highest BCUT2D eigenvalue weighted by Crippen LogP contribution is 2.25. The fourth-order valence-electron chi connectivity index (χ4n) is 3.47. The largest absolute Gasteiger partial charge is 0.312 e. The Labute approximate surface area is 170 Å². The Hall–Kier alpha value is -3.12. The molecule has 3 aromatic rings. The van der Waals surface area contributed by atoms with Crippen molar-refractivity contribution in [2.24, 2.45) is 0 Å². The maximum Gasteiger partial charge on any atom is 0.250 e. The van der Waals surface area contributed by atoms with E-state index in [4.69, 9.17) is 0 Å². The average Bonchev–Trinajstić information content (AvgIpc) is 3.10. The Balaban J connectivity index is 1.47. The van der Waals surface area contributed by atoms with Gasteiger partial charge in [0.15, 0.2) is 0 Å². The van der Waals surface area contributed by atoms with E-state index in [0.717, 1.165) is 22.0 Å². The van der Waals surface area contributed by atoms with E-state index < -0.39 is 10.0 Å². The topological polar surface area (TPSA) is 57.7 Å². The second-order valence-corrected chi connectivity index (χ2v) is 9.11. The Morgan fingerprint density at radius 1 is 1.00 bits per heavy atom. The van der Waals surface area contributed by atoms with Crippen molar-refractivity contribution in [3.63, 3.8) is 0 Å². The first-order chi connectivity index (χ1) is 13.9. The van der Waals surface area contributed by atoms with Gasteiger partial charge in [0.1, 0.15) is 0 Å². The van der Waals surface area contributed by atoms with Crippen molar-refractivity contribution >= 4 is 44.2 Å². The molecule has 3 aromatic carbocycles. The number of hydrogen-bond donors (Lipinski definition) is 0. The Kier molecular flexibility index (Phi) is 5.11. The monoisotopic (exact) mass is 406 g/mol. The highest BCUT2D eigenvalue weighted by molar-refractivity contribution is 7.93. The maximum absolute atomic E-state index is 12.6. The molecule has 1 amide bonds. The fraction of sp³-hybridized carbons (Fsp3) is 0.174. The fourth-order valence-corrected chi connectivity index (χ4v) is 5.04. The summed E-state index contributed by atoms with van der Waals surface area (Å²) in [5.74, 6) is 0.0658. The molecule has 0 N–H and O–H groups in total. The van der Waals surface area contributed by atoms with E-state index in [0.29, 0.717) is 18.7 Å². The van der Waals surface area contributed by atoms with Crippen LogP contribution in [-0.4, -0.2) is 33.7 Å². The average molecular weight is 407 g/mol. The van der Waals surface area contributed by atoms with Crippen LogP contribution >= 0.6 is 0 Å². The Morgan fingerprint density at radius 2 is 1.72 bits per heavy atom. The quantitative estimate of drug-likeness (QED) is 0.614. The Bertz CT molecular complexity index is 1180. The van der Waals surface area contributed by atoms with Gasteiger partial charge in [0.25, 0.3) is 5.91 Å². The zero-order valence-corrected chi connectivity index (χ0v) is 17.0. The van der Waals surface area contributed by atoms with Crippen LogP contribution < -0.4 is 9.21 Å². The third kappa shape index (κ3) is 4.03. The molecule has 0 spiro atoms. The number of anilines is 2. The molecule has 1 fully saturated rings. The third-order valence-electron chi connectivity index (χ3n) is 5.15. The summed E-state index contributed by atoms with van der Waals surface area (Å²) in [6, 6.07) is 21.2. The zero-order valence-electron chi connectivity index (χ0n) is 16.2. The number of nitrogens with zero attached hydrogens (tertiary/aromatic N) is 2. The summed E-state index contributed by atoms with van der Waals surface area (Å²) in [6.07, 6.45) is 3.92. The molecule has 4 rings (SSSR count). The number of amides is 1. The zero-order chi connectivity index (χ0) is 20.4. The van der Waals surface area contributed by atoms with Gasteiger partial charge in [-0.1, -0.05) is 42.5 Å². The molecule has 0 aliphatic carbocycles. The number of carbonyl (C=O) groups excluding carboxylic acids is 1. The molecule has 1 aliphatic rings. The second kappa shape index (κ2) is 7.72. The van der Waals surface area contributed by atoms with Crippen LogP contribution in [0.2, 0.25) is 0 Å². The Morgan fingerprint density at radius 3 is 2.41 bits per heavy atom. The van der Waals surface area contributed by atoms with Crippen LogP contribution in [0.15, 0.2) is 72.8 Å². The molecule has 0 unspecified atom stereocenters. The van der Waals surface area contributed by atoms with Gasteiger partial charge < -0.3 is 4.90 Å². The van der Waals surface area contributed by atoms with Crippen LogP contribution in [0.25, 0.3) is 16.8 Å². The summed E-state index contributed by atoms with van der Waals surface area (Å²) in [5.41, 5.74) is 2.33. The van der Waals surface area contributed by atoms with Crippen molar-refractivity contribution in [3.8, 4) is 0 Å². The molecule has 29 heavy (non-hydrogen) atoms. The lowest BCUT2D eigenvalue weighted by Crippen LogP contribution is -2.24. The lowest BCUT2D eigenvalue weighted by Gasteiger charge is -2.17. The molecule has 0 saturated carbocycles. The summed E-state index contributed by atoms with van der Waals surface area (Å²) < 4.78 is 25.5. The molecule has 5 nitrogen and oxygen atoms in total. The number of fused-ring (bicyclic) bond motifs is 1. The highest BCUT2D eigenvalue weighted by atomic mass is 32.2. The number of carbonyl (C=O) groups is 1. The van der Waals surface area contributed by atoms with E-state index >= 15 is 0 Å². The molecular formula is C23H22N2O3S. The van der Waals surface area contributed by atoms with Crippen LogP contribution in [0.4, 0.5) is 11.4 Å². The predicted octanol–water partition coefficient (Wildman–Crippen LogP) is 4.06. The smallest absolute Gasteiger partial charge is 0.250 e. The van der Waals surface area contributed by atoms with Crippen LogP contribution in [0.1, 0.15) is 12.0 Å². The van der Waals surface area contributed by atoms with Crippen molar-refractivity contribution < 1.29 is 13.2 Å². The molecule has 1 saturated heterocycles. The summed E-state index contributed by atoms with van der Waals surface area (Å²) in [7, 11) is -1.43. The first kappa shape index (κ1) is 19.2. The van der Waals surface area contributed by atoms with E-state index in [-0.39, 0.29) is 11.7 Å². The van der Waals surface area contributed by atoms with Crippen molar-refractivity contribution in [1.29, 1.82) is 0 Å². The lowest BCUT2D eigenvalue weighted by atomic mass is 10.1. The molecule has 148 valence electrons. The van der Waals surface area contributed by atoms with E-state index in [1.807, 2.05) is 54.6 Å². The van der Waals surface area contributed by atoms with Gasteiger partial charge in [-0.25, -0.2) is 8.42 Å². The summed E-state index contributed by atoms with van der Waals surface area (Å²) in [6.45, 7) is 0.520. The van der Waals surface area contributed by atoms with Gasteiger partial charge in [-0.2, -0.15) is 0 Å². The van der Waals surface area contributed by atoms with Crippen molar-refractivity contribution in [3.05, 3.63) is 78.4 Å². The highest BCUT2D eigenvalue weighted by Gasteiger charge is 2.28. The normalized spacial score (nSPS) is 15.8. The first-order valence-electron chi connectivity index (χ1n) is 9.49. The van der Waals surface area contributed by atoms with E-state index in [2.05, 4.69) is 0 Å². The number of sulfonamides is 1. The number of benzene rings is 3. The maximum atomic E-state index is 12.6. The molecule has 0 aromatic heterocycles. The molecular weight excluding hydrogens is 384 g/mol. The van der Waals surface area contributed by atoms with Gasteiger partial charge in [-0.15, -0.1) is 0 Å². The number of likely N-dealkylation sites (N-methyl/N-ethyl adjacent to an activating group) is 1. The summed E-state index contributed by atoms with van der Waals surface area (Å²) >= 11 is 0. The van der Waals surface area contributed by atoms with Gasteiger partial charge in [-0.05, 0) is 53.1 Å². The van der Waals surface area contributed by atoms with E-state index in [1.165, 1.54) is 10.4 Å². The van der Waals surface area contributed by atoms with Crippen molar-refractivity contribution in [1.82, 2.24) is 0 Å². The van der Waals surface area contributed by atoms with Gasteiger partial charge in [0.2, 0.25) is 10.0 Å². The van der Waals surface area contributed by atoms with Crippen molar-refractivity contribution in [2.45, 2.75) is 6.42 Å². The predicted molar refractivity (Wildman–Crippen MR) is 119 cm³/mol. The van der Waals surface area contributed by atoms with Crippen molar-refractivity contribution in [2.75, 3.05) is 28.6 Å². The first-order valence-corrected chi connectivity index (χ1v) is 11.1. The minimum absolute atomic E-state index is 0.133. The number of hydrogen-bond acceptors (Lipinski definition) is 3. The van der Waals surface area contributed by atoms with Gasteiger partial charge in [-0.3, -0.25) is 9.10 Å². The molecule has 1 heterocycles. The summed E-state index contributed by atoms with van der Waals surface area (Å²) in [5, 5.41) is 2.22. The summed E-state index contributed by atoms with van der Waals surface area (Å²) in [4.78, 5) is 14.2. The number of rotatable bonds is 4. The molecule has 0 atom stereocenters. The van der Waals surface area contributed by atoms with Crippen LogP contribution in [0.5, 0.6) is 0 Å². The van der Waals surface area contributed by atoms with Gasteiger partial charge in [0, 0.05) is 25.4 Å². The second-order valence-electron chi connectivity index (χ2n) is 7.10. The van der Waals surface area contributed by atoms with Crippen LogP contribution in [-0.2, 0) is 14.8 Å². The standard InChI is InChI=1S/C23H22N2O3S/c1-24(22-13-10-19-5-2-3-6-20(19)17-22)23(26)14-9-18-7-11-21(12-8-18)25-15-4-16-29(25,27)28/h2-3,5-14,17H,4,15-16H2,1H3/b14-9+. The molecule has 0 radical (unpaired) electrons. The SMILES string of the molecule is CN(C(=O)/C=C/c1ccc(N2CCCS2(=O)=O)cc1)c1ccc2ccccc2c1. The van der Waals surface area contributed by atoms with Gasteiger partial charge >= 0.3 is 0 Å². The van der Waals surface area contributed by atoms with Crippen LogP contribution in [0, 0.1) is 0 Å². The van der Waals surface area contributed by atoms with E-state index in [1.54, 1.807) is 30.2 Å². The third-order valence-corrected chi connectivity index (χ3v) is 7.02. The lowest BCUT2D eigenvalue weighted by molar-refractivity contribution is -0.113. The molecule has 0 bridgehead atoms. The minimum atomic E-state index is -3.18. The van der Waals surface area contributed by atoms with E-state index in [9.17, 15) is 13.2 Å². The molecule has 1 aliphatic heterocycles. The van der Waals surface area contributed by atoms with Gasteiger partial charge in [0.05, 0.1) is 11.4 Å². The molecule has 6 heteroatoms. The minimum Gasteiger partial charge on any atom is -0.312 e. The van der Waals surface area contributed by atoms with Crippen LogP contribution in [0.3, 0.4) is 0 Å².